The molecule has 0 radical (unpaired) electrons. The topological polar surface area (TPSA) is 79.5 Å². The van der Waals surface area contributed by atoms with Crippen molar-refractivity contribution in [2.24, 2.45) is 0 Å². The van der Waals surface area contributed by atoms with Gasteiger partial charge in [-0.25, -0.2) is 0 Å². The fourth-order valence-electron chi connectivity index (χ4n) is 2.88. The van der Waals surface area contributed by atoms with E-state index < -0.39 is 5.91 Å². The van der Waals surface area contributed by atoms with Gasteiger partial charge in [0.1, 0.15) is 0 Å². The highest BCUT2D eigenvalue weighted by atomic mass is 35.5. The molecule has 0 saturated heterocycles. The average molecular weight is 510 g/mol. The monoisotopic (exact) mass is 509 g/mol. The molecule has 0 aliphatic rings. The Morgan fingerprint density at radius 1 is 0.909 bits per heavy atom. The molecular weight excluding hydrogens is 481 g/mol. The van der Waals surface area contributed by atoms with Crippen LogP contribution in [0.15, 0.2) is 36.4 Å². The lowest BCUT2D eigenvalue weighted by molar-refractivity contribution is -0.116. The van der Waals surface area contributed by atoms with Crippen molar-refractivity contribution < 1.29 is 14.3 Å². The van der Waals surface area contributed by atoms with Gasteiger partial charge in [-0.05, 0) is 61.5 Å². The zero-order chi connectivity index (χ0) is 24.2. The standard InChI is InChI=1S/C24H29Cl2N3O3S/c1-3-5-7-8-21(30)27-17-9-11-18(12-10-17)28-24(33)29-23(31)16-14-19(25)22(20(26)15-16)32-13-6-4-2/h9-12,14-15H,3-8,13H2,1-2H3,(H,27,30)(H2,28,29,31,33). The number of thiocarbonyl (C=S) groups is 1. The fourth-order valence-corrected chi connectivity index (χ4v) is 3.69. The molecule has 0 spiro atoms. The molecule has 0 heterocycles. The average Bonchev–Trinajstić information content (AvgIpc) is 2.77. The second-order valence-corrected chi connectivity index (χ2v) is 8.68. The molecule has 33 heavy (non-hydrogen) atoms. The van der Waals surface area contributed by atoms with Gasteiger partial charge in [0.15, 0.2) is 10.9 Å². The number of carbonyl (C=O) groups is 2. The van der Waals surface area contributed by atoms with Crippen LogP contribution in [-0.4, -0.2) is 23.5 Å². The molecule has 0 aromatic heterocycles. The molecule has 3 N–H and O–H groups in total. The van der Waals surface area contributed by atoms with Crippen LogP contribution in [0.4, 0.5) is 11.4 Å². The summed E-state index contributed by atoms with van der Waals surface area (Å²) in [6.07, 6.45) is 5.35. The minimum atomic E-state index is -0.452. The number of unbranched alkanes of at least 4 members (excludes halogenated alkanes) is 3. The van der Waals surface area contributed by atoms with Crippen LogP contribution >= 0.6 is 35.4 Å². The van der Waals surface area contributed by atoms with E-state index in [1.54, 1.807) is 24.3 Å². The Bertz CT molecular complexity index is 945. The first-order valence-corrected chi connectivity index (χ1v) is 12.1. The molecule has 178 valence electrons. The van der Waals surface area contributed by atoms with E-state index in [1.807, 2.05) is 0 Å². The largest absolute Gasteiger partial charge is 0.490 e. The zero-order valence-corrected chi connectivity index (χ0v) is 21.1. The summed E-state index contributed by atoms with van der Waals surface area (Å²) in [5, 5.41) is 9.03. The van der Waals surface area contributed by atoms with E-state index in [0.717, 1.165) is 32.1 Å². The van der Waals surface area contributed by atoms with Crippen LogP contribution in [0.2, 0.25) is 10.0 Å². The van der Waals surface area contributed by atoms with Gasteiger partial charge in [-0.3, -0.25) is 14.9 Å². The minimum Gasteiger partial charge on any atom is -0.490 e. The normalized spacial score (nSPS) is 10.4. The van der Waals surface area contributed by atoms with Crippen LogP contribution in [-0.2, 0) is 4.79 Å². The number of halogens is 2. The molecule has 0 fully saturated rings. The molecule has 6 nitrogen and oxygen atoms in total. The van der Waals surface area contributed by atoms with Gasteiger partial charge < -0.3 is 15.4 Å². The highest BCUT2D eigenvalue weighted by molar-refractivity contribution is 7.80. The van der Waals surface area contributed by atoms with Gasteiger partial charge in [0.05, 0.1) is 16.7 Å². The number of hydrogen-bond acceptors (Lipinski definition) is 4. The van der Waals surface area contributed by atoms with E-state index in [9.17, 15) is 9.59 Å². The number of benzene rings is 2. The molecule has 0 unspecified atom stereocenters. The Kier molecular flexibility index (Phi) is 11.4. The molecule has 0 atom stereocenters. The Morgan fingerprint density at radius 2 is 1.48 bits per heavy atom. The molecule has 0 aliphatic heterocycles. The highest BCUT2D eigenvalue weighted by Crippen LogP contribution is 2.34. The summed E-state index contributed by atoms with van der Waals surface area (Å²) < 4.78 is 5.60. The van der Waals surface area contributed by atoms with Crippen molar-refractivity contribution in [1.29, 1.82) is 0 Å². The van der Waals surface area contributed by atoms with Gasteiger partial charge in [-0.2, -0.15) is 0 Å². The minimum absolute atomic E-state index is 0.00829. The number of carbonyl (C=O) groups excluding carboxylic acids is 2. The number of nitrogens with one attached hydrogen (secondary N) is 3. The summed E-state index contributed by atoms with van der Waals surface area (Å²) in [5.74, 6) is -0.0972. The van der Waals surface area contributed by atoms with Crippen LogP contribution in [0.3, 0.4) is 0 Å². The van der Waals surface area contributed by atoms with Crippen molar-refractivity contribution >= 4 is 63.7 Å². The number of amides is 2. The van der Waals surface area contributed by atoms with Gasteiger partial charge in [-0.15, -0.1) is 0 Å². The van der Waals surface area contributed by atoms with Gasteiger partial charge in [0.25, 0.3) is 5.91 Å². The van der Waals surface area contributed by atoms with Gasteiger partial charge in [0.2, 0.25) is 5.91 Å². The summed E-state index contributed by atoms with van der Waals surface area (Å²) >= 11 is 17.7. The third kappa shape index (κ3) is 9.20. The molecule has 2 aromatic rings. The van der Waals surface area contributed by atoms with E-state index >= 15 is 0 Å². The maximum absolute atomic E-state index is 12.6. The molecule has 2 amide bonds. The third-order valence-corrected chi connectivity index (χ3v) is 5.43. The molecular formula is C24H29Cl2N3O3S. The number of anilines is 2. The van der Waals surface area contributed by atoms with Crippen LogP contribution in [0.25, 0.3) is 0 Å². The highest BCUT2D eigenvalue weighted by Gasteiger charge is 2.15. The Balaban J connectivity index is 1.90. The fraction of sp³-hybridized carbons (Fsp3) is 0.375. The molecule has 0 bridgehead atoms. The first kappa shape index (κ1) is 26.9. The van der Waals surface area contributed by atoms with Crippen LogP contribution < -0.4 is 20.7 Å². The number of hydrogen-bond donors (Lipinski definition) is 3. The summed E-state index contributed by atoms with van der Waals surface area (Å²) in [6, 6.07) is 10.0. The van der Waals surface area contributed by atoms with Gasteiger partial charge in [0, 0.05) is 23.4 Å². The Morgan fingerprint density at radius 3 is 2.06 bits per heavy atom. The lowest BCUT2D eigenvalue weighted by atomic mass is 10.2. The smallest absolute Gasteiger partial charge is 0.257 e. The maximum atomic E-state index is 12.6. The lowest BCUT2D eigenvalue weighted by Crippen LogP contribution is -2.34. The maximum Gasteiger partial charge on any atom is 0.257 e. The molecule has 0 saturated carbocycles. The van der Waals surface area contributed by atoms with Gasteiger partial charge in [-0.1, -0.05) is 56.3 Å². The van der Waals surface area contributed by atoms with Crippen molar-refractivity contribution in [3.05, 3.63) is 52.0 Å². The summed E-state index contributed by atoms with van der Waals surface area (Å²) in [7, 11) is 0. The Labute approximate surface area is 210 Å². The van der Waals surface area contributed by atoms with E-state index in [1.165, 1.54) is 12.1 Å². The Hall–Kier alpha value is -2.35. The van der Waals surface area contributed by atoms with E-state index in [4.69, 9.17) is 40.2 Å². The first-order valence-electron chi connectivity index (χ1n) is 11.0. The van der Waals surface area contributed by atoms with Crippen molar-refractivity contribution in [1.82, 2.24) is 5.32 Å². The molecule has 0 aliphatic carbocycles. The zero-order valence-electron chi connectivity index (χ0n) is 18.8. The van der Waals surface area contributed by atoms with Crippen molar-refractivity contribution in [2.75, 3.05) is 17.2 Å². The molecule has 9 heteroatoms. The van der Waals surface area contributed by atoms with Crippen LogP contribution in [0.1, 0.15) is 62.7 Å². The predicted octanol–water partition coefficient (Wildman–Crippen LogP) is 6.82. The molecule has 2 rings (SSSR count). The van der Waals surface area contributed by atoms with Crippen molar-refractivity contribution in [3.8, 4) is 5.75 Å². The summed E-state index contributed by atoms with van der Waals surface area (Å²) in [4.78, 5) is 24.5. The van der Waals surface area contributed by atoms with Crippen molar-refractivity contribution in [3.63, 3.8) is 0 Å². The van der Waals surface area contributed by atoms with Crippen molar-refractivity contribution in [2.45, 2.75) is 52.4 Å². The summed E-state index contributed by atoms with van der Waals surface area (Å²) in [5.41, 5.74) is 1.63. The predicted molar refractivity (Wildman–Crippen MR) is 140 cm³/mol. The number of ether oxygens (including phenoxy) is 1. The quantitative estimate of drug-likeness (QED) is 0.228. The molecule has 2 aromatic carbocycles. The van der Waals surface area contributed by atoms with Gasteiger partial charge >= 0.3 is 0 Å². The summed E-state index contributed by atoms with van der Waals surface area (Å²) in [6.45, 7) is 4.65. The first-order chi connectivity index (χ1) is 15.8. The van der Waals surface area contributed by atoms with E-state index in [2.05, 4.69) is 29.8 Å². The van der Waals surface area contributed by atoms with Crippen LogP contribution in [0.5, 0.6) is 5.75 Å². The third-order valence-electron chi connectivity index (χ3n) is 4.67. The van der Waals surface area contributed by atoms with E-state index in [-0.39, 0.29) is 26.6 Å². The SMILES string of the molecule is CCCCCC(=O)Nc1ccc(NC(=S)NC(=O)c2cc(Cl)c(OCCCC)c(Cl)c2)cc1. The second kappa shape index (κ2) is 14.0. The second-order valence-electron chi connectivity index (χ2n) is 7.46. The number of rotatable bonds is 11. The lowest BCUT2D eigenvalue weighted by Gasteiger charge is -2.13. The van der Waals surface area contributed by atoms with E-state index in [0.29, 0.717) is 30.2 Å². The van der Waals surface area contributed by atoms with Crippen LogP contribution in [0, 0.1) is 0 Å².